The number of nitrogens with one attached hydrogen (secondary N) is 2. The maximum Gasteiger partial charge on any atom is 0.254 e. The number of carbonyl (C=O) groups excluding carboxylic acids is 2. The van der Waals surface area contributed by atoms with Gasteiger partial charge in [-0.2, -0.15) is 5.10 Å². The van der Waals surface area contributed by atoms with Gasteiger partial charge < -0.3 is 25.0 Å². The number of hydrogen-bond donors (Lipinski definition) is 2. The van der Waals surface area contributed by atoms with Gasteiger partial charge in [-0.1, -0.05) is 0 Å². The summed E-state index contributed by atoms with van der Waals surface area (Å²) in [5, 5.41) is 11.0. The lowest BCUT2D eigenvalue weighted by molar-refractivity contribution is -0.0124. The van der Waals surface area contributed by atoms with Crippen molar-refractivity contribution in [3.8, 4) is 0 Å². The van der Waals surface area contributed by atoms with Crippen LogP contribution in [0.25, 0.3) is 6.08 Å². The van der Waals surface area contributed by atoms with E-state index in [0.29, 0.717) is 43.2 Å². The van der Waals surface area contributed by atoms with Crippen LogP contribution in [-0.4, -0.2) is 72.9 Å². The first kappa shape index (κ1) is 24.0. The number of rotatable bonds is 7. The molecule has 0 bridgehead atoms. The van der Waals surface area contributed by atoms with E-state index < -0.39 is 0 Å². The third kappa shape index (κ3) is 5.15. The van der Waals surface area contributed by atoms with Crippen molar-refractivity contribution in [1.29, 1.82) is 0 Å². The van der Waals surface area contributed by atoms with Crippen molar-refractivity contribution >= 4 is 29.8 Å². The van der Waals surface area contributed by atoms with Crippen molar-refractivity contribution in [3.63, 3.8) is 0 Å². The molecule has 2 unspecified atom stereocenters. The van der Waals surface area contributed by atoms with Crippen LogP contribution >= 0.6 is 0 Å². The molecule has 1 aromatic heterocycles. The summed E-state index contributed by atoms with van der Waals surface area (Å²) in [5.41, 5.74) is 3.50. The van der Waals surface area contributed by atoms with Gasteiger partial charge in [0.05, 0.1) is 36.6 Å². The van der Waals surface area contributed by atoms with E-state index in [-0.39, 0.29) is 18.1 Å². The maximum absolute atomic E-state index is 13.0. The summed E-state index contributed by atoms with van der Waals surface area (Å²) in [6.07, 6.45) is 6.40. The van der Waals surface area contributed by atoms with Crippen molar-refractivity contribution in [2.75, 3.05) is 45.3 Å². The molecule has 2 atom stereocenters. The monoisotopic (exact) mass is 467 g/mol. The molecule has 182 valence electrons. The molecule has 0 spiro atoms. The van der Waals surface area contributed by atoms with E-state index >= 15 is 0 Å². The van der Waals surface area contributed by atoms with Crippen molar-refractivity contribution in [1.82, 2.24) is 20.0 Å². The van der Waals surface area contributed by atoms with Crippen molar-refractivity contribution < 1.29 is 19.1 Å². The highest BCUT2D eigenvalue weighted by molar-refractivity contribution is 5.96. The molecule has 2 aliphatic heterocycles. The summed E-state index contributed by atoms with van der Waals surface area (Å²) < 4.78 is 13.1. The molecule has 2 N–H and O–H groups in total. The van der Waals surface area contributed by atoms with Gasteiger partial charge in [-0.05, 0) is 62.7 Å². The molecule has 0 saturated carbocycles. The van der Waals surface area contributed by atoms with Crippen molar-refractivity contribution in [3.05, 3.63) is 46.8 Å². The largest absolute Gasteiger partial charge is 0.394 e. The van der Waals surface area contributed by atoms with Gasteiger partial charge in [0.25, 0.3) is 5.91 Å². The minimum Gasteiger partial charge on any atom is -0.394 e. The summed E-state index contributed by atoms with van der Waals surface area (Å²) >= 11 is 0. The van der Waals surface area contributed by atoms with E-state index in [1.165, 1.54) is 0 Å². The first-order valence-corrected chi connectivity index (χ1v) is 11.8. The zero-order chi connectivity index (χ0) is 24.1. The number of aldehydes is 1. The fourth-order valence-corrected chi connectivity index (χ4v) is 4.48. The fourth-order valence-electron chi connectivity index (χ4n) is 4.48. The maximum atomic E-state index is 13.0. The number of amides is 1. The summed E-state index contributed by atoms with van der Waals surface area (Å²) in [5.74, 6) is 0.491. The van der Waals surface area contributed by atoms with E-state index in [1.807, 2.05) is 54.8 Å². The number of anilines is 2. The van der Waals surface area contributed by atoms with Crippen LogP contribution in [0.3, 0.4) is 0 Å². The molecule has 0 aliphatic carbocycles. The van der Waals surface area contributed by atoms with E-state index in [4.69, 9.17) is 14.6 Å². The molecule has 9 nitrogen and oxygen atoms in total. The number of ether oxygens (including phenoxy) is 2. The number of aryl methyl sites for hydroxylation is 1. The van der Waals surface area contributed by atoms with E-state index in [9.17, 15) is 9.59 Å². The van der Waals surface area contributed by atoms with Crippen LogP contribution in [0, 0.1) is 6.92 Å². The number of benzene rings is 1. The third-order valence-corrected chi connectivity index (χ3v) is 6.24. The number of carbonyl (C=O) groups is 2. The van der Waals surface area contributed by atoms with Gasteiger partial charge >= 0.3 is 0 Å². The summed E-state index contributed by atoms with van der Waals surface area (Å²) in [4.78, 5) is 26.9. The molecule has 2 fully saturated rings. The van der Waals surface area contributed by atoms with Gasteiger partial charge in [0, 0.05) is 38.0 Å². The van der Waals surface area contributed by atoms with Crippen LogP contribution in [0.4, 0.5) is 11.5 Å². The molecular formula is C25H33N5O4. The number of aromatic nitrogens is 2. The molecular weight excluding hydrogens is 434 g/mol. The summed E-state index contributed by atoms with van der Waals surface area (Å²) in [6, 6.07) is 5.66. The Labute approximate surface area is 200 Å². The molecule has 9 heteroatoms. The second-order valence-corrected chi connectivity index (χ2v) is 8.79. The Bertz CT molecular complexity index is 1060. The van der Waals surface area contributed by atoms with Crippen molar-refractivity contribution in [2.45, 2.75) is 38.8 Å². The van der Waals surface area contributed by atoms with Gasteiger partial charge in [-0.25, -0.2) is 0 Å². The molecule has 2 aromatic rings. The fraction of sp³-hybridized carbons (Fsp3) is 0.480. The van der Waals surface area contributed by atoms with E-state index in [2.05, 4.69) is 10.6 Å². The first-order chi connectivity index (χ1) is 16.5. The molecule has 34 heavy (non-hydrogen) atoms. The quantitative estimate of drug-likeness (QED) is 0.604. The van der Waals surface area contributed by atoms with Crippen LogP contribution in [0.15, 0.2) is 24.4 Å². The standard InChI is InChI=1S/C25H33N5O4/c1-17-13-19(6-7-21(17)25(32)29-10-12-34-18(2)14-29)27-24-22(15-31)23(8-9-26-3)30(28-24)20-5-4-11-33-16-20/h6-9,13,15,18,20,26H,4-5,10-12,14,16H2,1-3H3,(H,27,28)/b9-8-. The normalized spacial score (nSPS) is 21.0. The van der Waals surface area contributed by atoms with Gasteiger partial charge in [0.2, 0.25) is 0 Å². The Morgan fingerprint density at radius 1 is 1.29 bits per heavy atom. The molecule has 2 aliphatic rings. The van der Waals surface area contributed by atoms with Crippen molar-refractivity contribution in [2.24, 2.45) is 0 Å². The SMILES string of the molecule is CN/C=C\c1c(C=O)c(Nc2ccc(C(=O)N3CCOC(C)C3)c(C)c2)nn1C1CCCOC1. The minimum absolute atomic E-state index is 0.00819. The van der Waals surface area contributed by atoms with Crippen LogP contribution in [-0.2, 0) is 9.47 Å². The second kappa shape index (κ2) is 10.8. The molecule has 0 radical (unpaired) electrons. The Kier molecular flexibility index (Phi) is 7.64. The highest BCUT2D eigenvalue weighted by Gasteiger charge is 2.25. The Morgan fingerprint density at radius 2 is 2.15 bits per heavy atom. The zero-order valence-corrected chi connectivity index (χ0v) is 20.0. The highest BCUT2D eigenvalue weighted by atomic mass is 16.5. The Morgan fingerprint density at radius 3 is 2.82 bits per heavy atom. The minimum atomic E-state index is 0.00819. The van der Waals surface area contributed by atoms with Gasteiger partial charge in [-0.15, -0.1) is 0 Å². The third-order valence-electron chi connectivity index (χ3n) is 6.24. The Hall–Kier alpha value is -3.17. The van der Waals surface area contributed by atoms with Crippen LogP contribution in [0.2, 0.25) is 0 Å². The summed E-state index contributed by atoms with van der Waals surface area (Å²) in [6.45, 7) is 6.95. The lowest BCUT2D eigenvalue weighted by Gasteiger charge is -2.31. The second-order valence-electron chi connectivity index (χ2n) is 8.79. The molecule has 1 amide bonds. The first-order valence-electron chi connectivity index (χ1n) is 11.8. The topological polar surface area (TPSA) is 97.7 Å². The molecule has 3 heterocycles. The van der Waals surface area contributed by atoms with Gasteiger partial charge in [-0.3, -0.25) is 14.3 Å². The lowest BCUT2D eigenvalue weighted by Crippen LogP contribution is -2.44. The smallest absolute Gasteiger partial charge is 0.254 e. The van der Waals surface area contributed by atoms with E-state index in [1.54, 1.807) is 6.20 Å². The molecule has 4 rings (SSSR count). The predicted octanol–water partition coefficient (Wildman–Crippen LogP) is 3.15. The van der Waals surface area contributed by atoms with Crippen LogP contribution in [0.5, 0.6) is 0 Å². The molecule has 2 saturated heterocycles. The average molecular weight is 468 g/mol. The number of morpholine rings is 1. The number of nitrogens with zero attached hydrogens (tertiary/aromatic N) is 3. The van der Waals surface area contributed by atoms with Crippen LogP contribution in [0.1, 0.15) is 57.8 Å². The number of hydrogen-bond acceptors (Lipinski definition) is 7. The molecule has 1 aromatic carbocycles. The highest BCUT2D eigenvalue weighted by Crippen LogP contribution is 2.29. The summed E-state index contributed by atoms with van der Waals surface area (Å²) in [7, 11) is 1.81. The van der Waals surface area contributed by atoms with E-state index in [0.717, 1.165) is 42.7 Å². The van der Waals surface area contributed by atoms with Gasteiger partial charge in [0.1, 0.15) is 0 Å². The zero-order valence-electron chi connectivity index (χ0n) is 20.0. The van der Waals surface area contributed by atoms with Gasteiger partial charge in [0.15, 0.2) is 12.1 Å². The Balaban J connectivity index is 1.60. The average Bonchev–Trinajstić information content (AvgIpc) is 3.19. The lowest BCUT2D eigenvalue weighted by atomic mass is 10.1. The predicted molar refractivity (Wildman–Crippen MR) is 131 cm³/mol. The van der Waals surface area contributed by atoms with Crippen LogP contribution < -0.4 is 10.6 Å².